The summed E-state index contributed by atoms with van der Waals surface area (Å²) in [6, 6.07) is -1.34. The molecule has 194 valence electrons. The molecule has 0 radical (unpaired) electrons. The molecule has 3 rings (SSSR count). The fourth-order valence-corrected chi connectivity index (χ4v) is 3.94. The minimum absolute atomic E-state index is 0.138. The summed E-state index contributed by atoms with van der Waals surface area (Å²) in [7, 11) is 0. The van der Waals surface area contributed by atoms with Crippen LogP contribution in [0.15, 0.2) is 28.9 Å². The molecule has 2 N–H and O–H groups in total. The van der Waals surface area contributed by atoms with Crippen molar-refractivity contribution in [2.45, 2.75) is 88.9 Å². The molecule has 2 saturated carbocycles. The maximum atomic E-state index is 13.6. The molecule has 2 atom stereocenters. The van der Waals surface area contributed by atoms with Gasteiger partial charge in [0.15, 0.2) is 5.82 Å². The van der Waals surface area contributed by atoms with E-state index in [4.69, 9.17) is 0 Å². The van der Waals surface area contributed by atoms with Crippen LogP contribution in [-0.2, 0) is 0 Å². The van der Waals surface area contributed by atoms with Gasteiger partial charge in [-0.25, -0.2) is 22.6 Å². The van der Waals surface area contributed by atoms with Gasteiger partial charge in [0.25, 0.3) is 0 Å². The van der Waals surface area contributed by atoms with Crippen LogP contribution in [0.5, 0.6) is 0 Å². The fraction of sp³-hybridized carbons (Fsp3) is 0.636. The third-order valence-corrected chi connectivity index (χ3v) is 5.65. The fourth-order valence-electron chi connectivity index (χ4n) is 3.94. The molecule has 2 aliphatic rings. The summed E-state index contributed by atoms with van der Waals surface area (Å²) in [6.07, 6.45) is -1.89. The third kappa shape index (κ3) is 7.63. The second kappa shape index (κ2) is 10.5. The van der Waals surface area contributed by atoms with Crippen molar-refractivity contribution in [2.75, 3.05) is 10.6 Å². The molecular formula is C22H27F7N6. The minimum atomic E-state index is -4.74. The van der Waals surface area contributed by atoms with E-state index in [9.17, 15) is 30.7 Å². The van der Waals surface area contributed by atoms with Gasteiger partial charge in [0, 0.05) is 37.8 Å². The molecule has 1 aromatic rings. The van der Waals surface area contributed by atoms with Crippen molar-refractivity contribution >= 4 is 17.6 Å². The highest BCUT2D eigenvalue weighted by molar-refractivity contribution is 6.06. The average molecular weight is 508 g/mol. The van der Waals surface area contributed by atoms with E-state index in [1.54, 1.807) is 13.0 Å². The topological polar surface area (TPSA) is 75.1 Å². The standard InChI is InChI=1S/C22H27F7N6/c1-3-5-6-15(32-16(4-2)22(27,28)29)17-33-18(30-13-7-9-20(23,24)11-13)35-19(34-17)31-14-8-10-21(25,26)12-14/h4-6,13-14H,3,7-12H2,1-2H3,(H2,30,31,33,34,35)/b6-5+,16-4-,32-15-. The summed E-state index contributed by atoms with van der Waals surface area (Å²) >= 11 is 0. The summed E-state index contributed by atoms with van der Waals surface area (Å²) in [5, 5.41) is 5.56. The Labute approximate surface area is 198 Å². The first-order valence-corrected chi connectivity index (χ1v) is 11.3. The van der Waals surface area contributed by atoms with Crippen LogP contribution in [0.2, 0.25) is 0 Å². The number of alkyl halides is 7. The second-order valence-electron chi connectivity index (χ2n) is 8.67. The van der Waals surface area contributed by atoms with Crippen LogP contribution in [0, 0.1) is 0 Å². The summed E-state index contributed by atoms with van der Waals surface area (Å²) in [5.74, 6) is -6.27. The molecule has 1 heterocycles. The van der Waals surface area contributed by atoms with E-state index in [-0.39, 0.29) is 49.1 Å². The molecule has 0 saturated heterocycles. The molecule has 13 heteroatoms. The van der Waals surface area contributed by atoms with Crippen molar-refractivity contribution in [3.05, 3.63) is 29.7 Å². The molecule has 1 aromatic heterocycles. The largest absolute Gasteiger partial charge is 0.433 e. The van der Waals surface area contributed by atoms with E-state index in [0.29, 0.717) is 6.42 Å². The predicted molar refractivity (Wildman–Crippen MR) is 118 cm³/mol. The van der Waals surface area contributed by atoms with Crippen LogP contribution in [-0.4, -0.2) is 50.8 Å². The zero-order chi connectivity index (χ0) is 25.9. The molecule has 0 aliphatic heterocycles. The lowest BCUT2D eigenvalue weighted by atomic mass is 10.2. The van der Waals surface area contributed by atoms with Gasteiger partial charge in [-0.15, -0.1) is 0 Å². The molecular weight excluding hydrogens is 481 g/mol. The van der Waals surface area contributed by atoms with Gasteiger partial charge in [0.2, 0.25) is 23.7 Å². The lowest BCUT2D eigenvalue weighted by Crippen LogP contribution is -2.24. The van der Waals surface area contributed by atoms with Crippen LogP contribution < -0.4 is 10.6 Å². The number of hydrogen-bond acceptors (Lipinski definition) is 6. The maximum Gasteiger partial charge on any atom is 0.433 e. The Bertz CT molecular complexity index is 941. The molecule has 2 unspecified atom stereocenters. The molecule has 0 aromatic carbocycles. The lowest BCUT2D eigenvalue weighted by molar-refractivity contribution is -0.0924. The normalized spacial score (nSPS) is 24.8. The second-order valence-corrected chi connectivity index (χ2v) is 8.67. The van der Waals surface area contributed by atoms with Gasteiger partial charge in [-0.1, -0.05) is 19.1 Å². The van der Waals surface area contributed by atoms with Crippen molar-refractivity contribution in [1.82, 2.24) is 15.0 Å². The van der Waals surface area contributed by atoms with Gasteiger partial charge < -0.3 is 10.6 Å². The molecule has 0 spiro atoms. The average Bonchev–Trinajstić information content (AvgIpc) is 3.26. The van der Waals surface area contributed by atoms with Crippen LogP contribution in [0.1, 0.15) is 64.6 Å². The van der Waals surface area contributed by atoms with E-state index in [1.807, 2.05) is 0 Å². The molecule has 35 heavy (non-hydrogen) atoms. The Morgan fingerprint density at radius 1 is 0.971 bits per heavy atom. The third-order valence-electron chi connectivity index (χ3n) is 5.65. The summed E-state index contributed by atoms with van der Waals surface area (Å²) in [6.45, 7) is 2.95. The first-order valence-electron chi connectivity index (χ1n) is 11.3. The molecule has 0 amide bonds. The SMILES string of the molecule is C\C=C(/N=C(/C=C/CC)c1nc(NC2CCC(F)(F)C2)nc(NC2CCC(F)(F)C2)n1)C(F)(F)F. The number of aliphatic imine (C=N–C) groups is 1. The van der Waals surface area contributed by atoms with Crippen LogP contribution >= 0.6 is 0 Å². The van der Waals surface area contributed by atoms with E-state index < -0.39 is 48.6 Å². The van der Waals surface area contributed by atoms with Crippen molar-refractivity contribution in [3.63, 3.8) is 0 Å². The van der Waals surface area contributed by atoms with E-state index in [0.717, 1.165) is 6.08 Å². The Kier molecular flexibility index (Phi) is 8.05. The van der Waals surface area contributed by atoms with Gasteiger partial charge in [0.1, 0.15) is 11.4 Å². The van der Waals surface area contributed by atoms with E-state index in [2.05, 4.69) is 30.6 Å². The first-order chi connectivity index (χ1) is 16.3. The molecule has 6 nitrogen and oxygen atoms in total. The van der Waals surface area contributed by atoms with Crippen molar-refractivity contribution < 1.29 is 30.7 Å². The summed E-state index contributed by atoms with van der Waals surface area (Å²) in [5.41, 5.74) is -1.41. The zero-order valence-electron chi connectivity index (χ0n) is 19.3. The van der Waals surface area contributed by atoms with Crippen LogP contribution in [0.3, 0.4) is 0 Å². The Balaban J connectivity index is 2.00. The Hall–Kier alpha value is -2.73. The number of aromatic nitrogens is 3. The molecule has 0 bridgehead atoms. The number of halogens is 7. The van der Waals surface area contributed by atoms with Crippen molar-refractivity contribution in [3.8, 4) is 0 Å². The summed E-state index contributed by atoms with van der Waals surface area (Å²) < 4.78 is 94.6. The predicted octanol–water partition coefficient (Wildman–Crippen LogP) is 6.29. The maximum absolute atomic E-state index is 13.6. The van der Waals surface area contributed by atoms with Crippen LogP contribution in [0.25, 0.3) is 0 Å². The first kappa shape index (κ1) is 26.9. The number of nitrogens with one attached hydrogen (secondary N) is 2. The zero-order valence-corrected chi connectivity index (χ0v) is 19.3. The van der Waals surface area contributed by atoms with Crippen LogP contribution in [0.4, 0.5) is 42.6 Å². The van der Waals surface area contributed by atoms with E-state index in [1.165, 1.54) is 13.0 Å². The Morgan fingerprint density at radius 3 is 1.86 bits per heavy atom. The highest BCUT2D eigenvalue weighted by Gasteiger charge is 2.41. The van der Waals surface area contributed by atoms with Gasteiger partial charge in [-0.05, 0) is 32.3 Å². The van der Waals surface area contributed by atoms with E-state index >= 15 is 0 Å². The molecule has 2 aliphatic carbocycles. The highest BCUT2D eigenvalue weighted by atomic mass is 19.4. The van der Waals surface area contributed by atoms with Crippen molar-refractivity contribution in [2.24, 2.45) is 4.99 Å². The summed E-state index contributed by atoms with van der Waals surface area (Å²) in [4.78, 5) is 16.1. The lowest BCUT2D eigenvalue weighted by Gasteiger charge is -2.17. The number of allylic oxidation sites excluding steroid dienone is 4. The van der Waals surface area contributed by atoms with Gasteiger partial charge in [-0.2, -0.15) is 28.1 Å². The number of rotatable bonds is 8. The molecule has 2 fully saturated rings. The number of nitrogens with zero attached hydrogens (tertiary/aromatic N) is 4. The monoisotopic (exact) mass is 508 g/mol. The Morgan fingerprint density at radius 2 is 1.49 bits per heavy atom. The quantitative estimate of drug-likeness (QED) is 0.319. The highest BCUT2D eigenvalue weighted by Crippen LogP contribution is 2.37. The number of hydrogen-bond donors (Lipinski definition) is 2. The number of anilines is 2. The van der Waals surface area contributed by atoms with Gasteiger partial charge >= 0.3 is 6.18 Å². The van der Waals surface area contributed by atoms with Gasteiger partial charge in [0.05, 0.1) is 0 Å². The minimum Gasteiger partial charge on any atom is -0.351 e. The van der Waals surface area contributed by atoms with Crippen molar-refractivity contribution in [1.29, 1.82) is 0 Å². The smallest absolute Gasteiger partial charge is 0.351 e. The van der Waals surface area contributed by atoms with Gasteiger partial charge in [-0.3, -0.25) is 0 Å².